The van der Waals surface area contributed by atoms with E-state index in [0.29, 0.717) is 62.9 Å². The Kier molecular flexibility index (Phi) is 23.2. The number of nitrogens with one attached hydrogen (secondary N) is 3. The van der Waals surface area contributed by atoms with Gasteiger partial charge in [0, 0.05) is 53.1 Å². The number of ether oxygens (including phenoxy) is 2. The van der Waals surface area contributed by atoms with Crippen molar-refractivity contribution in [2.75, 3.05) is 48.5 Å². The molecule has 2 heterocycles. The Morgan fingerprint density at radius 3 is 2.07 bits per heavy atom. The first kappa shape index (κ1) is 57.6. The SMILES string of the molecule is CC[C@H](C)[C@@H]([C@@H](CC(=O)N1CCC[C@H]1[C@H](OC)[C@@H](C)C(=O)N[C@H](C)/C(=N\NC(=O)CCCCCN1C(=O)CC(C)C1=O)c1ccccc1)OC)N(C)C(=O)[C@@H](NC(=O)[C@H](C(C)C)N(C)C)C(C)C. The summed E-state index contributed by atoms with van der Waals surface area (Å²) in [6.07, 6.45) is 2.98. The van der Waals surface area contributed by atoms with Crippen LogP contribution in [0.2, 0.25) is 0 Å². The highest BCUT2D eigenvalue weighted by molar-refractivity contribution is 6.06. The second kappa shape index (κ2) is 27.4. The van der Waals surface area contributed by atoms with Crippen LogP contribution < -0.4 is 16.1 Å². The summed E-state index contributed by atoms with van der Waals surface area (Å²) in [4.78, 5) is 100. The first-order valence-electron chi connectivity index (χ1n) is 24.8. The van der Waals surface area contributed by atoms with Gasteiger partial charge in [0.25, 0.3) is 0 Å². The van der Waals surface area contributed by atoms with Crippen molar-refractivity contribution in [3.8, 4) is 0 Å². The van der Waals surface area contributed by atoms with E-state index in [1.165, 1.54) is 4.90 Å². The fourth-order valence-electron chi connectivity index (χ4n) is 9.84. The van der Waals surface area contributed by atoms with Gasteiger partial charge < -0.3 is 29.9 Å². The monoisotopic (exact) mass is 953 g/mol. The minimum atomic E-state index is -0.789. The van der Waals surface area contributed by atoms with Crippen LogP contribution >= 0.6 is 0 Å². The largest absolute Gasteiger partial charge is 0.379 e. The molecule has 1 unspecified atom stereocenters. The smallest absolute Gasteiger partial charge is 0.245 e. The predicted molar refractivity (Wildman–Crippen MR) is 263 cm³/mol. The van der Waals surface area contributed by atoms with Crippen molar-refractivity contribution in [3.63, 3.8) is 0 Å². The number of likely N-dealkylation sites (N-methyl/N-ethyl adjacent to an activating group) is 2. The lowest BCUT2D eigenvalue weighted by molar-refractivity contribution is -0.148. The summed E-state index contributed by atoms with van der Waals surface area (Å²) >= 11 is 0. The number of unbranched alkanes of at least 4 members (excludes halogenated alkanes) is 2. The Morgan fingerprint density at radius 1 is 0.868 bits per heavy atom. The lowest BCUT2D eigenvalue weighted by atomic mass is 9.89. The third kappa shape index (κ3) is 15.4. The minimum absolute atomic E-state index is 0.00892. The summed E-state index contributed by atoms with van der Waals surface area (Å²) in [6.45, 7) is 18.0. The molecule has 382 valence electrons. The zero-order valence-corrected chi connectivity index (χ0v) is 43.5. The first-order chi connectivity index (χ1) is 32.1. The molecule has 7 amide bonds. The number of benzene rings is 1. The molecule has 3 rings (SSSR count). The summed E-state index contributed by atoms with van der Waals surface area (Å²) in [5.74, 6) is -2.74. The third-order valence-corrected chi connectivity index (χ3v) is 13.8. The molecule has 0 aliphatic carbocycles. The second-order valence-electron chi connectivity index (χ2n) is 19.9. The number of hydrazone groups is 1. The van der Waals surface area contributed by atoms with Gasteiger partial charge in [-0.1, -0.05) is 98.6 Å². The van der Waals surface area contributed by atoms with Gasteiger partial charge in [0.1, 0.15) is 6.04 Å². The van der Waals surface area contributed by atoms with Crippen molar-refractivity contribution in [1.29, 1.82) is 0 Å². The third-order valence-electron chi connectivity index (χ3n) is 13.8. The summed E-state index contributed by atoms with van der Waals surface area (Å²) in [5, 5.41) is 10.6. The number of rotatable bonds is 27. The molecular weight excluding hydrogens is 869 g/mol. The number of imide groups is 1. The molecule has 0 radical (unpaired) electrons. The molecule has 1 aromatic carbocycles. The van der Waals surface area contributed by atoms with E-state index in [9.17, 15) is 33.6 Å². The van der Waals surface area contributed by atoms with Crippen LogP contribution in [0.1, 0.15) is 126 Å². The van der Waals surface area contributed by atoms with Gasteiger partial charge >= 0.3 is 0 Å². The molecule has 0 spiro atoms. The lowest BCUT2D eigenvalue weighted by Crippen LogP contribution is -2.59. The molecule has 0 bridgehead atoms. The van der Waals surface area contributed by atoms with Crippen molar-refractivity contribution in [1.82, 2.24) is 35.7 Å². The highest BCUT2D eigenvalue weighted by atomic mass is 16.5. The normalized spacial score (nSPS) is 20.2. The van der Waals surface area contributed by atoms with Crippen LogP contribution in [0.5, 0.6) is 0 Å². The van der Waals surface area contributed by atoms with Gasteiger partial charge in [-0.3, -0.25) is 43.4 Å². The van der Waals surface area contributed by atoms with Gasteiger partial charge in [0.15, 0.2) is 0 Å². The average molecular weight is 953 g/mol. The molecule has 2 fully saturated rings. The van der Waals surface area contributed by atoms with E-state index in [2.05, 4.69) is 21.2 Å². The number of hydrogen-bond acceptors (Lipinski definition) is 11. The number of carbonyl (C=O) groups is 7. The Morgan fingerprint density at radius 2 is 1.53 bits per heavy atom. The van der Waals surface area contributed by atoms with Gasteiger partial charge in [-0.25, -0.2) is 5.43 Å². The maximum absolute atomic E-state index is 14.4. The van der Waals surface area contributed by atoms with Gasteiger partial charge in [-0.15, -0.1) is 0 Å². The summed E-state index contributed by atoms with van der Waals surface area (Å²) < 4.78 is 12.1. The maximum atomic E-state index is 14.4. The van der Waals surface area contributed by atoms with E-state index >= 15 is 0 Å². The average Bonchev–Trinajstić information content (AvgIpc) is 3.87. The van der Waals surface area contributed by atoms with Crippen molar-refractivity contribution < 1.29 is 43.0 Å². The van der Waals surface area contributed by atoms with Gasteiger partial charge in [0.2, 0.25) is 41.4 Å². The van der Waals surface area contributed by atoms with Crippen molar-refractivity contribution in [2.45, 2.75) is 163 Å². The van der Waals surface area contributed by atoms with Gasteiger partial charge in [-0.05, 0) is 70.0 Å². The molecule has 0 aromatic heterocycles. The number of methoxy groups -OCH3 is 2. The molecule has 2 saturated heterocycles. The number of nitrogens with zero attached hydrogens (tertiary/aromatic N) is 5. The Bertz CT molecular complexity index is 1870. The zero-order valence-electron chi connectivity index (χ0n) is 43.5. The maximum Gasteiger partial charge on any atom is 0.245 e. The van der Waals surface area contributed by atoms with Gasteiger partial charge in [-0.2, -0.15) is 5.10 Å². The highest BCUT2D eigenvalue weighted by Gasteiger charge is 2.43. The number of amides is 7. The topological polar surface area (TPSA) is 199 Å². The van der Waals surface area contributed by atoms with Crippen LogP contribution in [0.15, 0.2) is 35.4 Å². The van der Waals surface area contributed by atoms with E-state index in [4.69, 9.17) is 9.47 Å². The van der Waals surface area contributed by atoms with Crippen LogP contribution in [-0.4, -0.2) is 158 Å². The molecule has 2 aliphatic rings. The fraction of sp³-hybridized carbons (Fsp3) is 0.725. The minimum Gasteiger partial charge on any atom is -0.379 e. The quantitative estimate of drug-likeness (QED) is 0.0485. The molecule has 10 atom stereocenters. The Hall–Kier alpha value is -4.74. The predicted octanol–water partition coefficient (Wildman–Crippen LogP) is 4.61. The molecule has 17 heteroatoms. The molecule has 1 aromatic rings. The van der Waals surface area contributed by atoms with Crippen LogP contribution in [0.4, 0.5) is 0 Å². The summed E-state index contributed by atoms with van der Waals surface area (Å²) in [7, 11) is 8.52. The van der Waals surface area contributed by atoms with Crippen LogP contribution in [0.25, 0.3) is 0 Å². The number of likely N-dealkylation sites (tertiary alicyclic amines) is 2. The zero-order chi connectivity index (χ0) is 51.0. The van der Waals surface area contributed by atoms with E-state index in [-0.39, 0.29) is 84.3 Å². The van der Waals surface area contributed by atoms with Crippen LogP contribution in [0.3, 0.4) is 0 Å². The van der Waals surface area contributed by atoms with E-state index in [1.807, 2.05) is 90.9 Å². The molecular formula is C51H84N8O9. The molecule has 2 aliphatic heterocycles. The van der Waals surface area contributed by atoms with Crippen LogP contribution in [-0.2, 0) is 43.0 Å². The Balaban J connectivity index is 1.71. The van der Waals surface area contributed by atoms with Crippen LogP contribution in [0, 0.1) is 29.6 Å². The number of carbonyl (C=O) groups excluding carboxylic acids is 7. The molecule has 17 nitrogen and oxygen atoms in total. The second-order valence-corrected chi connectivity index (χ2v) is 19.9. The molecule has 68 heavy (non-hydrogen) atoms. The number of hydrogen-bond donors (Lipinski definition) is 3. The molecule has 0 saturated carbocycles. The standard InChI is InChI=1S/C51H84N8O9/c1-15-33(6)46(57(12)51(66)43(31(2)3)53-49(64)45(32(4)5)56(10)11)39(67-13)30-42(62)58-28-22-25-38(58)47(68-14)35(8)48(63)52-36(9)44(37-23-18-16-19-24-37)55-54-40(60)26-20-17-21-27-59-41(61)29-34(7)50(59)65/h16,18-19,23-24,31-36,38-39,43,45-47H,15,17,20-22,25-30H2,1-14H3,(H,52,63)(H,53,64)(H,54,60)/b55-44+/t33-,34?,35+,36+,38-,39+,43-,45-,46-,47+/m0/s1. The Labute approximate surface area is 406 Å². The first-order valence-corrected chi connectivity index (χ1v) is 24.8. The fourth-order valence-corrected chi connectivity index (χ4v) is 9.84. The van der Waals surface area contributed by atoms with Crippen molar-refractivity contribution in [2.24, 2.45) is 34.7 Å². The summed E-state index contributed by atoms with van der Waals surface area (Å²) in [5.41, 5.74) is 3.82. The van der Waals surface area contributed by atoms with Crippen molar-refractivity contribution in [3.05, 3.63) is 35.9 Å². The van der Waals surface area contributed by atoms with Gasteiger partial charge in [0.05, 0.1) is 54.4 Å². The molecule has 3 N–H and O–H groups in total. The van der Waals surface area contributed by atoms with E-state index < -0.39 is 48.3 Å². The van der Waals surface area contributed by atoms with E-state index in [1.54, 1.807) is 51.8 Å². The summed E-state index contributed by atoms with van der Waals surface area (Å²) in [6, 6.07) is 6.52. The highest BCUT2D eigenvalue weighted by Crippen LogP contribution is 2.30. The van der Waals surface area contributed by atoms with Crippen molar-refractivity contribution >= 4 is 47.1 Å². The van der Waals surface area contributed by atoms with E-state index in [0.717, 1.165) is 0 Å². The lowest BCUT2D eigenvalue weighted by Gasteiger charge is -2.41.